The highest BCUT2D eigenvalue weighted by molar-refractivity contribution is 5.70. The zero-order valence-electron chi connectivity index (χ0n) is 55.0. The van der Waals surface area contributed by atoms with E-state index >= 15 is 0 Å². The van der Waals surface area contributed by atoms with Crippen molar-refractivity contribution < 1.29 is 42.9 Å². The van der Waals surface area contributed by atoms with Crippen LogP contribution in [0.1, 0.15) is 206 Å². The summed E-state index contributed by atoms with van der Waals surface area (Å²) in [4.78, 5) is 37.4. The van der Waals surface area contributed by atoms with E-state index in [1.807, 2.05) is 21.1 Å². The molecule has 0 fully saturated rings. The summed E-state index contributed by atoms with van der Waals surface area (Å²) in [7, 11) is 5.89. The number of hydrogen-bond acceptors (Lipinski definition) is 8. The number of rotatable bonds is 58. The lowest BCUT2D eigenvalue weighted by Gasteiger charge is -2.26. The van der Waals surface area contributed by atoms with E-state index in [1.54, 1.807) is 0 Å². The third-order valence-electron chi connectivity index (χ3n) is 13.0. The van der Waals surface area contributed by atoms with Gasteiger partial charge in [-0.1, -0.05) is 253 Å². The van der Waals surface area contributed by atoms with Crippen LogP contribution in [0.4, 0.5) is 0 Å². The Kier molecular flexibility index (Phi) is 61.2. The van der Waals surface area contributed by atoms with Gasteiger partial charge in [-0.15, -0.1) is 0 Å². The van der Waals surface area contributed by atoms with Crippen LogP contribution in [0.3, 0.4) is 0 Å². The molecule has 0 spiro atoms. The van der Waals surface area contributed by atoms with Crippen molar-refractivity contribution >= 4 is 17.9 Å². The number of aliphatic carboxylic acids is 1. The summed E-state index contributed by atoms with van der Waals surface area (Å²) < 4.78 is 22.7. The van der Waals surface area contributed by atoms with Crippen LogP contribution in [0.2, 0.25) is 0 Å². The smallest absolute Gasteiger partial charge is 0.306 e. The Bertz CT molecular complexity index is 2180. The number of likely N-dealkylation sites (N-methyl/N-ethyl adjacent to an activating group) is 1. The lowest BCUT2D eigenvalue weighted by molar-refractivity contribution is -0.870. The first-order valence-corrected chi connectivity index (χ1v) is 33.2. The highest BCUT2D eigenvalue weighted by Gasteiger charge is 2.22. The van der Waals surface area contributed by atoms with Crippen LogP contribution in [0, 0.1) is 0 Å². The van der Waals surface area contributed by atoms with Gasteiger partial charge in [0, 0.05) is 12.8 Å². The van der Waals surface area contributed by atoms with Crippen molar-refractivity contribution in [3.05, 3.63) is 207 Å². The number of carboxylic acid groups (broad SMARTS) is 1. The fourth-order valence-electron chi connectivity index (χ4n) is 8.01. The van der Waals surface area contributed by atoms with Crippen LogP contribution in [0.25, 0.3) is 0 Å². The standard InChI is InChI=1S/C78H119NO8/c1-6-8-10-12-14-16-18-20-22-24-26-28-29-30-31-32-33-34-35-36-37-38-39-40-41-42-43-44-45-46-47-49-51-53-55-57-59-61-63-65-67-69-76(81)87-74(73-86-78(77(82)83)84-71-70-79(3,4)5)72-85-75(80)68-66-64-62-60-58-56-54-52-50-48-27-25-23-21-19-17-15-13-11-9-7-2/h8-11,14-17,20-23,26-28,30-31,33-34,36-37,39-40,42-43,45-46,48-49,51-52,54,58,60,74,78H,6-7,12-13,18-19,24-25,29,32,35,38,41,44,47,50,53,55-57,59,61-73H2,1-5H3/b10-8-,11-9-,16-14-,17-15-,22-20-,23-21-,28-26-,31-30-,34-33-,37-36-,40-39-,43-42-,46-45-,48-27-,51-49-,54-52-,60-58-. The zero-order valence-corrected chi connectivity index (χ0v) is 55.0. The Morgan fingerprint density at radius 2 is 0.621 bits per heavy atom. The summed E-state index contributed by atoms with van der Waals surface area (Å²) in [5, 5.41) is 11.8. The summed E-state index contributed by atoms with van der Waals surface area (Å²) in [6.07, 6.45) is 100. The van der Waals surface area contributed by atoms with Crippen molar-refractivity contribution in [2.75, 3.05) is 47.5 Å². The van der Waals surface area contributed by atoms with Gasteiger partial charge in [-0.05, 0) is 148 Å². The summed E-state index contributed by atoms with van der Waals surface area (Å²) in [5.74, 6) is -2.39. The molecule has 0 aliphatic carbocycles. The van der Waals surface area contributed by atoms with Gasteiger partial charge in [-0.2, -0.15) is 0 Å². The molecular formula is C78H119NO8. The monoisotopic (exact) mass is 1200 g/mol. The summed E-state index contributed by atoms with van der Waals surface area (Å²) in [6.45, 7) is 4.42. The minimum atomic E-state index is -1.65. The number of hydrogen-bond donors (Lipinski definition) is 0. The van der Waals surface area contributed by atoms with E-state index in [0.717, 1.165) is 154 Å². The number of esters is 2. The minimum absolute atomic E-state index is 0.126. The summed E-state index contributed by atoms with van der Waals surface area (Å²) in [6, 6.07) is 0. The Hall–Kier alpha value is -6.13. The van der Waals surface area contributed by atoms with Crippen molar-refractivity contribution in [1.29, 1.82) is 0 Å². The van der Waals surface area contributed by atoms with E-state index in [4.69, 9.17) is 18.9 Å². The van der Waals surface area contributed by atoms with Gasteiger partial charge in [0.1, 0.15) is 13.2 Å². The summed E-state index contributed by atoms with van der Waals surface area (Å²) in [5.41, 5.74) is 0. The predicted octanol–water partition coefficient (Wildman–Crippen LogP) is 19.5. The molecule has 0 aromatic carbocycles. The molecule has 0 aromatic heterocycles. The number of unbranched alkanes of at least 4 members (excludes halogenated alkanes) is 9. The molecule has 0 saturated heterocycles. The van der Waals surface area contributed by atoms with Crippen molar-refractivity contribution in [2.45, 2.75) is 219 Å². The van der Waals surface area contributed by atoms with E-state index in [-0.39, 0.29) is 32.7 Å². The van der Waals surface area contributed by atoms with Crippen LogP contribution in [0.5, 0.6) is 0 Å². The van der Waals surface area contributed by atoms with Crippen LogP contribution in [0.15, 0.2) is 207 Å². The van der Waals surface area contributed by atoms with Crippen LogP contribution < -0.4 is 5.11 Å². The van der Waals surface area contributed by atoms with E-state index < -0.39 is 30.3 Å². The highest BCUT2D eigenvalue weighted by atomic mass is 16.7. The second kappa shape index (κ2) is 65.8. The molecule has 0 bridgehead atoms. The lowest BCUT2D eigenvalue weighted by atomic mass is 10.1. The minimum Gasteiger partial charge on any atom is -0.545 e. The molecule has 2 unspecified atom stereocenters. The lowest BCUT2D eigenvalue weighted by Crippen LogP contribution is -2.44. The van der Waals surface area contributed by atoms with Gasteiger partial charge >= 0.3 is 11.9 Å². The molecule has 87 heavy (non-hydrogen) atoms. The van der Waals surface area contributed by atoms with Gasteiger partial charge in [0.15, 0.2) is 12.4 Å². The fourth-order valence-corrected chi connectivity index (χ4v) is 8.01. The topological polar surface area (TPSA) is 111 Å². The first-order valence-electron chi connectivity index (χ1n) is 33.2. The molecule has 0 aliphatic heterocycles. The normalized spacial score (nSPS) is 14.1. The van der Waals surface area contributed by atoms with Crippen LogP contribution in [-0.4, -0.2) is 82.3 Å². The number of quaternary nitrogens is 1. The van der Waals surface area contributed by atoms with Gasteiger partial charge in [-0.25, -0.2) is 0 Å². The molecule has 0 radical (unpaired) electrons. The molecule has 484 valence electrons. The molecule has 0 aliphatic rings. The average Bonchev–Trinajstić information content (AvgIpc) is 3.59. The number of carbonyl (C=O) groups excluding carboxylic acids is 3. The maximum Gasteiger partial charge on any atom is 0.306 e. The Balaban J connectivity index is 4.28. The molecular weight excluding hydrogens is 1080 g/mol. The maximum absolute atomic E-state index is 12.9. The second-order valence-electron chi connectivity index (χ2n) is 22.3. The highest BCUT2D eigenvalue weighted by Crippen LogP contribution is 2.13. The van der Waals surface area contributed by atoms with E-state index in [2.05, 4.69) is 220 Å². The maximum atomic E-state index is 12.9. The Morgan fingerprint density at radius 1 is 0.345 bits per heavy atom. The number of carboxylic acids is 1. The first kappa shape index (κ1) is 80.9. The Morgan fingerprint density at radius 3 is 0.943 bits per heavy atom. The Labute approximate surface area is 531 Å². The predicted molar refractivity (Wildman–Crippen MR) is 370 cm³/mol. The zero-order chi connectivity index (χ0) is 63.3. The molecule has 0 rings (SSSR count). The molecule has 0 N–H and O–H groups in total. The molecule has 2 atom stereocenters. The number of ether oxygens (including phenoxy) is 4. The third-order valence-corrected chi connectivity index (χ3v) is 13.0. The quantitative estimate of drug-likeness (QED) is 0.0195. The van der Waals surface area contributed by atoms with Gasteiger partial charge < -0.3 is 33.3 Å². The fraction of sp³-hybridized carbons (Fsp3) is 0.526. The molecule has 0 saturated carbocycles. The third kappa shape index (κ3) is 67.2. The van der Waals surface area contributed by atoms with E-state index in [1.165, 1.54) is 12.8 Å². The molecule has 9 nitrogen and oxygen atoms in total. The van der Waals surface area contributed by atoms with Crippen molar-refractivity contribution in [1.82, 2.24) is 0 Å². The average molecular weight is 1200 g/mol. The molecule has 0 aromatic rings. The second-order valence-corrected chi connectivity index (χ2v) is 22.3. The van der Waals surface area contributed by atoms with Crippen molar-refractivity contribution in [3.8, 4) is 0 Å². The number of carbonyl (C=O) groups is 3. The summed E-state index contributed by atoms with van der Waals surface area (Å²) >= 11 is 0. The van der Waals surface area contributed by atoms with Gasteiger partial charge in [0.25, 0.3) is 0 Å². The van der Waals surface area contributed by atoms with Crippen LogP contribution >= 0.6 is 0 Å². The van der Waals surface area contributed by atoms with Crippen molar-refractivity contribution in [3.63, 3.8) is 0 Å². The first-order chi connectivity index (χ1) is 42.6. The molecule has 0 heterocycles. The number of allylic oxidation sites excluding steroid dienone is 34. The van der Waals surface area contributed by atoms with Crippen molar-refractivity contribution in [2.24, 2.45) is 0 Å². The van der Waals surface area contributed by atoms with Gasteiger partial charge in [0.05, 0.1) is 40.3 Å². The number of nitrogens with zero attached hydrogens (tertiary/aromatic N) is 1. The SMILES string of the molecule is CC/C=C\C/C=C\C/C=C\C/C=C\C/C=C\C/C=C\C/C=C\C/C=C\C/C=C\C/C=C\C/C=C\CCCCCCCCCC(=O)OC(COC(=O)CCCC/C=C\C/C=C\C/C=C\C/C=C\C/C=C\C/C=C\CC)COC(OCC[N+](C)(C)C)C(=O)[O-]. The van der Waals surface area contributed by atoms with Gasteiger partial charge in [-0.3, -0.25) is 9.59 Å². The molecule has 0 amide bonds. The van der Waals surface area contributed by atoms with Gasteiger partial charge in [0.2, 0.25) is 0 Å². The van der Waals surface area contributed by atoms with E-state index in [9.17, 15) is 19.5 Å². The molecule has 9 heteroatoms. The van der Waals surface area contributed by atoms with Crippen LogP contribution in [-0.2, 0) is 33.3 Å². The van der Waals surface area contributed by atoms with E-state index in [0.29, 0.717) is 23.9 Å². The largest absolute Gasteiger partial charge is 0.545 e.